The summed E-state index contributed by atoms with van der Waals surface area (Å²) in [7, 11) is 0. The molecule has 4 unspecified atom stereocenters. The van der Waals surface area contributed by atoms with Crippen LogP contribution < -0.4 is 0 Å². The molecule has 0 aliphatic carbocycles. The van der Waals surface area contributed by atoms with Crippen molar-refractivity contribution in [3.8, 4) is 0 Å². The Morgan fingerprint density at radius 1 is 0.854 bits per heavy atom. The SMILES string of the molecule is Cc1ccc(C(C(=O)OC(C)(C)C)N2C=NC=CC2O)cc1COC(=O)C(C(=O)OC(C)(C)C)N1C=NC=CC1O. The second-order valence-corrected chi connectivity index (χ2v) is 11.6. The first-order chi connectivity index (χ1) is 19.1. The number of hydrogen-bond acceptors (Lipinski definition) is 12. The van der Waals surface area contributed by atoms with Gasteiger partial charge in [-0.3, -0.25) is 0 Å². The van der Waals surface area contributed by atoms with Gasteiger partial charge in [-0.05, 0) is 83.4 Å². The van der Waals surface area contributed by atoms with E-state index in [1.807, 2.05) is 0 Å². The number of benzene rings is 1. The van der Waals surface area contributed by atoms with Gasteiger partial charge in [-0.15, -0.1) is 0 Å². The molecule has 0 saturated heterocycles. The Balaban J connectivity index is 1.89. The van der Waals surface area contributed by atoms with Crippen LogP contribution >= 0.6 is 0 Å². The molecule has 2 N–H and O–H groups in total. The zero-order valence-corrected chi connectivity index (χ0v) is 24.3. The van der Waals surface area contributed by atoms with Crippen LogP contribution in [0, 0.1) is 6.92 Å². The first kappa shape index (κ1) is 31.5. The van der Waals surface area contributed by atoms with Crippen molar-refractivity contribution in [3.63, 3.8) is 0 Å². The summed E-state index contributed by atoms with van der Waals surface area (Å²) in [6.45, 7) is 11.7. The molecule has 0 amide bonds. The van der Waals surface area contributed by atoms with E-state index in [1.54, 1.807) is 66.7 Å². The van der Waals surface area contributed by atoms with Gasteiger partial charge in [-0.1, -0.05) is 12.1 Å². The first-order valence-electron chi connectivity index (χ1n) is 13.1. The highest BCUT2D eigenvalue weighted by Crippen LogP contribution is 2.29. The van der Waals surface area contributed by atoms with Crippen LogP contribution in [0.2, 0.25) is 0 Å². The van der Waals surface area contributed by atoms with Crippen LogP contribution in [0.3, 0.4) is 0 Å². The highest BCUT2D eigenvalue weighted by Gasteiger charge is 2.40. The third-order valence-corrected chi connectivity index (χ3v) is 5.84. The van der Waals surface area contributed by atoms with Crippen molar-refractivity contribution < 1.29 is 38.8 Å². The van der Waals surface area contributed by atoms with Gasteiger partial charge in [-0.25, -0.2) is 24.4 Å². The molecular formula is C29H38N4O8. The maximum absolute atomic E-state index is 13.3. The van der Waals surface area contributed by atoms with Gasteiger partial charge in [0, 0.05) is 12.4 Å². The lowest BCUT2D eigenvalue weighted by Gasteiger charge is -2.34. The molecule has 4 atom stereocenters. The Hall–Kier alpha value is -4.03. The lowest BCUT2D eigenvalue weighted by molar-refractivity contribution is -0.172. The molecule has 41 heavy (non-hydrogen) atoms. The summed E-state index contributed by atoms with van der Waals surface area (Å²) < 4.78 is 16.6. The molecule has 2 aliphatic heterocycles. The fourth-order valence-corrected chi connectivity index (χ4v) is 3.99. The number of aliphatic hydroxyl groups is 2. The number of nitrogens with zero attached hydrogens (tertiary/aromatic N) is 4. The van der Waals surface area contributed by atoms with Crippen molar-refractivity contribution in [2.75, 3.05) is 0 Å². The maximum atomic E-state index is 13.3. The Morgan fingerprint density at radius 2 is 1.39 bits per heavy atom. The van der Waals surface area contributed by atoms with Crippen molar-refractivity contribution in [1.29, 1.82) is 0 Å². The number of ether oxygens (including phenoxy) is 3. The molecule has 1 aromatic rings. The topological polar surface area (TPSA) is 151 Å². The minimum absolute atomic E-state index is 0.258. The largest absolute Gasteiger partial charge is 0.459 e. The number of aryl methyl sites for hydroxylation is 1. The minimum Gasteiger partial charge on any atom is -0.459 e. The molecule has 2 heterocycles. The van der Waals surface area contributed by atoms with Gasteiger partial charge in [0.15, 0.2) is 6.04 Å². The molecule has 0 aromatic heterocycles. The third-order valence-electron chi connectivity index (χ3n) is 5.84. The predicted octanol–water partition coefficient (Wildman–Crippen LogP) is 2.48. The second kappa shape index (κ2) is 12.6. The van der Waals surface area contributed by atoms with Crippen LogP contribution in [0.1, 0.15) is 64.3 Å². The fourth-order valence-electron chi connectivity index (χ4n) is 3.99. The summed E-state index contributed by atoms with van der Waals surface area (Å²) in [5.41, 5.74) is 0.0553. The van der Waals surface area contributed by atoms with E-state index in [9.17, 15) is 24.6 Å². The molecule has 0 saturated carbocycles. The molecule has 0 radical (unpaired) electrons. The number of esters is 3. The van der Waals surface area contributed by atoms with Crippen molar-refractivity contribution in [1.82, 2.24) is 9.80 Å². The average molecular weight is 571 g/mol. The molecule has 12 heteroatoms. The van der Waals surface area contributed by atoms with E-state index in [0.717, 1.165) is 16.8 Å². The van der Waals surface area contributed by atoms with Crippen LogP contribution in [0.15, 0.2) is 52.7 Å². The molecule has 0 spiro atoms. The van der Waals surface area contributed by atoms with Crippen molar-refractivity contribution in [2.24, 2.45) is 9.98 Å². The van der Waals surface area contributed by atoms with Gasteiger partial charge in [0.1, 0.15) is 30.3 Å². The van der Waals surface area contributed by atoms with Gasteiger partial charge in [0.05, 0.1) is 12.7 Å². The van der Waals surface area contributed by atoms with Gasteiger partial charge in [0.2, 0.25) is 6.04 Å². The van der Waals surface area contributed by atoms with Crippen molar-refractivity contribution in [2.45, 2.75) is 90.8 Å². The first-order valence-corrected chi connectivity index (χ1v) is 13.1. The van der Waals surface area contributed by atoms with Crippen molar-refractivity contribution >= 4 is 30.6 Å². The molecule has 1 aromatic carbocycles. The Kier molecular flexibility index (Phi) is 9.72. The predicted molar refractivity (Wildman–Crippen MR) is 150 cm³/mol. The highest BCUT2D eigenvalue weighted by atomic mass is 16.6. The standard InChI is InChI=1S/C29H38N4O8/c1-18-8-9-19(23(26(37)40-28(2,3)4)32-16-30-12-10-21(32)34)14-20(18)15-39-25(36)24(27(38)41-29(5,6)7)33-17-31-13-11-22(33)35/h8-14,16-17,21-24,34-35H,15H2,1-7H3. The van der Waals surface area contributed by atoms with E-state index >= 15 is 0 Å². The molecular weight excluding hydrogens is 532 g/mol. The van der Waals surface area contributed by atoms with E-state index in [0.29, 0.717) is 11.1 Å². The molecule has 222 valence electrons. The minimum atomic E-state index is -1.62. The molecule has 2 aliphatic rings. The van der Waals surface area contributed by atoms with Crippen LogP contribution in [-0.2, 0) is 35.2 Å². The molecule has 12 nitrogen and oxygen atoms in total. The normalized spacial score (nSPS) is 20.0. The number of aliphatic hydroxyl groups excluding tert-OH is 2. The molecule has 0 fully saturated rings. The number of rotatable bonds is 8. The van der Waals surface area contributed by atoms with E-state index < -0.39 is 53.6 Å². The Bertz CT molecular complexity index is 1260. The van der Waals surface area contributed by atoms with E-state index in [4.69, 9.17) is 14.2 Å². The number of carbonyl (C=O) groups is 3. The molecule has 0 bridgehead atoms. The van der Waals surface area contributed by atoms with Crippen LogP contribution in [0.5, 0.6) is 0 Å². The monoisotopic (exact) mass is 570 g/mol. The zero-order chi connectivity index (χ0) is 30.5. The quantitative estimate of drug-likeness (QED) is 0.271. The summed E-state index contributed by atoms with van der Waals surface area (Å²) in [5.74, 6) is -2.48. The lowest BCUT2D eigenvalue weighted by Crippen LogP contribution is -2.53. The summed E-state index contributed by atoms with van der Waals surface area (Å²) in [5, 5.41) is 21.0. The third kappa shape index (κ3) is 8.48. The van der Waals surface area contributed by atoms with Crippen LogP contribution in [0.25, 0.3) is 0 Å². The van der Waals surface area contributed by atoms with Crippen LogP contribution in [0.4, 0.5) is 0 Å². The number of carbonyl (C=O) groups excluding carboxylic acids is 3. The number of hydrogen-bond donors (Lipinski definition) is 2. The van der Waals surface area contributed by atoms with E-state index in [2.05, 4.69) is 9.98 Å². The Morgan fingerprint density at radius 3 is 1.93 bits per heavy atom. The van der Waals surface area contributed by atoms with Crippen LogP contribution in [-0.4, -0.2) is 80.3 Å². The Labute approximate surface area is 239 Å². The second-order valence-electron chi connectivity index (χ2n) is 11.6. The summed E-state index contributed by atoms with van der Waals surface area (Å²) in [6.07, 6.45) is 5.59. The summed E-state index contributed by atoms with van der Waals surface area (Å²) >= 11 is 0. The van der Waals surface area contributed by atoms with Gasteiger partial charge in [-0.2, -0.15) is 0 Å². The van der Waals surface area contributed by atoms with E-state index in [1.165, 1.54) is 35.8 Å². The smallest absolute Gasteiger partial charge is 0.341 e. The van der Waals surface area contributed by atoms with Crippen molar-refractivity contribution in [3.05, 3.63) is 59.4 Å². The van der Waals surface area contributed by atoms with Gasteiger partial charge < -0.3 is 34.2 Å². The van der Waals surface area contributed by atoms with Gasteiger partial charge >= 0.3 is 17.9 Å². The summed E-state index contributed by atoms with van der Waals surface area (Å²) in [4.78, 5) is 49.9. The summed E-state index contributed by atoms with van der Waals surface area (Å²) in [6, 6.07) is 2.44. The van der Waals surface area contributed by atoms with Gasteiger partial charge in [0.25, 0.3) is 0 Å². The molecule has 3 rings (SSSR count). The lowest BCUT2D eigenvalue weighted by atomic mass is 9.99. The fraction of sp³-hybridized carbons (Fsp3) is 0.483. The number of aliphatic imine (C=N–C) groups is 2. The maximum Gasteiger partial charge on any atom is 0.341 e. The highest BCUT2D eigenvalue weighted by molar-refractivity contribution is 6.01. The zero-order valence-electron chi connectivity index (χ0n) is 24.3. The van der Waals surface area contributed by atoms with E-state index in [-0.39, 0.29) is 6.61 Å². The average Bonchev–Trinajstić information content (AvgIpc) is 2.84.